The fourth-order valence-corrected chi connectivity index (χ4v) is 3.29. The standard InChI is InChI=1S/C18H24N4O2S/c1-5-12-22-17(14-8-10-15(24-4)11-9-14)19-20-18(22)25-13-16(23)21(6-2)7-3/h5,8-11H,1,6-7,12-13H2,2-4H3. The molecule has 0 spiro atoms. The lowest BCUT2D eigenvalue weighted by Crippen LogP contribution is -2.31. The van der Waals surface area contributed by atoms with E-state index >= 15 is 0 Å². The van der Waals surface area contributed by atoms with Gasteiger partial charge in [-0.05, 0) is 38.1 Å². The molecule has 1 aromatic heterocycles. The number of allylic oxidation sites excluding steroid dienone is 1. The van der Waals surface area contributed by atoms with Gasteiger partial charge in [0, 0.05) is 25.2 Å². The number of rotatable bonds is 9. The number of thioether (sulfide) groups is 1. The Balaban J connectivity index is 2.20. The zero-order valence-electron chi connectivity index (χ0n) is 14.9. The molecule has 0 aliphatic rings. The van der Waals surface area contributed by atoms with Crippen LogP contribution in [0.15, 0.2) is 42.1 Å². The van der Waals surface area contributed by atoms with Crippen molar-refractivity contribution in [3.63, 3.8) is 0 Å². The first kappa shape index (κ1) is 19.1. The van der Waals surface area contributed by atoms with Crippen LogP contribution in [0.3, 0.4) is 0 Å². The molecule has 0 unspecified atom stereocenters. The van der Waals surface area contributed by atoms with Gasteiger partial charge in [0.25, 0.3) is 0 Å². The fraction of sp³-hybridized carbons (Fsp3) is 0.389. The summed E-state index contributed by atoms with van der Waals surface area (Å²) in [6.45, 7) is 9.78. The van der Waals surface area contributed by atoms with Gasteiger partial charge in [-0.15, -0.1) is 16.8 Å². The Labute approximate surface area is 152 Å². The number of amides is 1. The van der Waals surface area contributed by atoms with E-state index < -0.39 is 0 Å². The molecule has 7 heteroatoms. The van der Waals surface area contributed by atoms with Gasteiger partial charge in [-0.25, -0.2) is 0 Å². The Bertz CT molecular complexity index is 708. The third-order valence-corrected chi connectivity index (χ3v) is 4.77. The molecule has 134 valence electrons. The van der Waals surface area contributed by atoms with Crippen molar-refractivity contribution in [1.29, 1.82) is 0 Å². The molecular formula is C18H24N4O2S. The molecule has 6 nitrogen and oxygen atoms in total. The maximum Gasteiger partial charge on any atom is 0.233 e. The fourth-order valence-electron chi connectivity index (χ4n) is 2.44. The SMILES string of the molecule is C=CCn1c(SCC(=O)N(CC)CC)nnc1-c1ccc(OC)cc1. The molecule has 1 amide bonds. The van der Waals surface area contributed by atoms with Crippen LogP contribution in [0, 0.1) is 0 Å². The van der Waals surface area contributed by atoms with Crippen LogP contribution in [0.2, 0.25) is 0 Å². The van der Waals surface area contributed by atoms with Crippen LogP contribution in [-0.4, -0.2) is 51.5 Å². The van der Waals surface area contributed by atoms with Gasteiger partial charge in [0.05, 0.1) is 12.9 Å². The van der Waals surface area contributed by atoms with Crippen molar-refractivity contribution in [2.75, 3.05) is 26.0 Å². The molecule has 0 saturated heterocycles. The monoisotopic (exact) mass is 360 g/mol. The van der Waals surface area contributed by atoms with E-state index in [0.717, 1.165) is 17.1 Å². The Hall–Kier alpha value is -2.28. The van der Waals surface area contributed by atoms with E-state index in [-0.39, 0.29) is 5.91 Å². The summed E-state index contributed by atoms with van der Waals surface area (Å²) in [4.78, 5) is 14.0. The molecule has 2 aromatic rings. The number of aromatic nitrogens is 3. The van der Waals surface area contributed by atoms with Gasteiger partial charge in [-0.2, -0.15) is 0 Å². The second-order valence-corrected chi connectivity index (χ2v) is 6.23. The minimum absolute atomic E-state index is 0.106. The number of hydrogen-bond donors (Lipinski definition) is 0. The Morgan fingerprint density at radius 2 is 1.96 bits per heavy atom. The summed E-state index contributed by atoms with van der Waals surface area (Å²) in [5, 5.41) is 9.28. The molecule has 0 radical (unpaired) electrons. The van der Waals surface area contributed by atoms with Crippen LogP contribution in [-0.2, 0) is 11.3 Å². The first-order chi connectivity index (χ1) is 12.1. The second kappa shape index (κ2) is 9.27. The van der Waals surface area contributed by atoms with Crippen LogP contribution in [0.4, 0.5) is 0 Å². The van der Waals surface area contributed by atoms with E-state index in [2.05, 4.69) is 16.8 Å². The molecule has 0 atom stereocenters. The van der Waals surface area contributed by atoms with Gasteiger partial charge in [-0.3, -0.25) is 9.36 Å². The molecular weight excluding hydrogens is 336 g/mol. The highest BCUT2D eigenvalue weighted by molar-refractivity contribution is 7.99. The van der Waals surface area contributed by atoms with E-state index in [4.69, 9.17) is 4.74 Å². The third-order valence-electron chi connectivity index (χ3n) is 3.82. The summed E-state index contributed by atoms with van der Waals surface area (Å²) in [6, 6.07) is 7.66. The molecule has 2 rings (SSSR count). The van der Waals surface area contributed by atoms with Crippen molar-refractivity contribution in [2.45, 2.75) is 25.5 Å². The number of hydrogen-bond acceptors (Lipinski definition) is 5. The van der Waals surface area contributed by atoms with Crippen LogP contribution in [0.25, 0.3) is 11.4 Å². The molecule has 0 bridgehead atoms. The Morgan fingerprint density at radius 3 is 2.52 bits per heavy atom. The number of carbonyl (C=O) groups is 1. The van der Waals surface area contributed by atoms with Gasteiger partial charge in [0.1, 0.15) is 5.75 Å². The zero-order valence-corrected chi connectivity index (χ0v) is 15.8. The average Bonchev–Trinajstić information content (AvgIpc) is 3.04. The minimum Gasteiger partial charge on any atom is -0.497 e. The highest BCUT2D eigenvalue weighted by atomic mass is 32.2. The average molecular weight is 360 g/mol. The lowest BCUT2D eigenvalue weighted by Gasteiger charge is -2.18. The Kier molecular flexibility index (Phi) is 7.06. The van der Waals surface area contributed by atoms with Crippen LogP contribution >= 0.6 is 11.8 Å². The minimum atomic E-state index is 0.106. The maximum absolute atomic E-state index is 12.2. The summed E-state index contributed by atoms with van der Waals surface area (Å²) < 4.78 is 7.16. The summed E-state index contributed by atoms with van der Waals surface area (Å²) in [7, 11) is 1.64. The number of carbonyl (C=O) groups excluding carboxylic acids is 1. The lowest BCUT2D eigenvalue weighted by atomic mass is 10.2. The Morgan fingerprint density at radius 1 is 1.28 bits per heavy atom. The number of nitrogens with zero attached hydrogens (tertiary/aromatic N) is 4. The highest BCUT2D eigenvalue weighted by Gasteiger charge is 2.16. The van der Waals surface area contributed by atoms with Gasteiger partial charge < -0.3 is 9.64 Å². The largest absolute Gasteiger partial charge is 0.497 e. The van der Waals surface area contributed by atoms with Crippen LogP contribution in [0.1, 0.15) is 13.8 Å². The molecule has 25 heavy (non-hydrogen) atoms. The topological polar surface area (TPSA) is 60.2 Å². The number of methoxy groups -OCH3 is 1. The van der Waals surface area contributed by atoms with Gasteiger partial charge in [0.15, 0.2) is 11.0 Å². The van der Waals surface area contributed by atoms with Crippen LogP contribution < -0.4 is 4.74 Å². The quantitative estimate of drug-likeness (QED) is 0.508. The predicted molar refractivity (Wildman–Crippen MR) is 101 cm³/mol. The molecule has 0 saturated carbocycles. The first-order valence-corrected chi connectivity index (χ1v) is 9.22. The van der Waals surface area contributed by atoms with E-state index in [9.17, 15) is 4.79 Å². The molecule has 1 heterocycles. The molecule has 0 fully saturated rings. The van der Waals surface area contributed by atoms with Crippen molar-refractivity contribution in [3.8, 4) is 17.1 Å². The van der Waals surface area contributed by atoms with Gasteiger partial charge >= 0.3 is 0 Å². The second-order valence-electron chi connectivity index (χ2n) is 5.29. The molecule has 1 aromatic carbocycles. The zero-order chi connectivity index (χ0) is 18.2. The molecule has 0 N–H and O–H groups in total. The first-order valence-electron chi connectivity index (χ1n) is 8.23. The summed E-state index contributed by atoms with van der Waals surface area (Å²) in [5.74, 6) is 1.99. The van der Waals surface area contributed by atoms with E-state index in [1.807, 2.05) is 47.6 Å². The van der Waals surface area contributed by atoms with Crippen molar-refractivity contribution < 1.29 is 9.53 Å². The maximum atomic E-state index is 12.2. The van der Waals surface area contributed by atoms with E-state index in [0.29, 0.717) is 30.5 Å². The summed E-state index contributed by atoms with van der Waals surface area (Å²) in [5.41, 5.74) is 0.942. The predicted octanol–water partition coefficient (Wildman–Crippen LogP) is 3.10. The lowest BCUT2D eigenvalue weighted by molar-refractivity contribution is -0.127. The van der Waals surface area contributed by atoms with Crippen molar-refractivity contribution >= 4 is 17.7 Å². The normalized spacial score (nSPS) is 10.5. The van der Waals surface area contributed by atoms with Crippen molar-refractivity contribution in [2.24, 2.45) is 0 Å². The van der Waals surface area contributed by atoms with Crippen molar-refractivity contribution in [1.82, 2.24) is 19.7 Å². The third kappa shape index (κ3) is 4.63. The van der Waals surface area contributed by atoms with Gasteiger partial charge in [0.2, 0.25) is 5.91 Å². The van der Waals surface area contributed by atoms with E-state index in [1.165, 1.54) is 11.8 Å². The smallest absolute Gasteiger partial charge is 0.233 e. The van der Waals surface area contributed by atoms with Crippen molar-refractivity contribution in [3.05, 3.63) is 36.9 Å². The highest BCUT2D eigenvalue weighted by Crippen LogP contribution is 2.25. The molecule has 0 aliphatic heterocycles. The number of benzene rings is 1. The number of ether oxygens (including phenoxy) is 1. The van der Waals surface area contributed by atoms with E-state index in [1.54, 1.807) is 13.2 Å². The van der Waals surface area contributed by atoms with Crippen LogP contribution in [0.5, 0.6) is 5.75 Å². The summed E-state index contributed by atoms with van der Waals surface area (Å²) >= 11 is 1.40. The summed E-state index contributed by atoms with van der Waals surface area (Å²) in [6.07, 6.45) is 1.80. The molecule has 0 aliphatic carbocycles. The van der Waals surface area contributed by atoms with Gasteiger partial charge in [-0.1, -0.05) is 17.8 Å².